The van der Waals surface area contributed by atoms with E-state index in [0.717, 1.165) is 36.4 Å². The van der Waals surface area contributed by atoms with Crippen molar-refractivity contribution in [1.82, 2.24) is 20.1 Å². The number of rotatable bonds is 8. The molecule has 0 aromatic carbocycles. The highest BCUT2D eigenvalue weighted by Gasteiger charge is 2.26. The number of pyridine rings is 1. The lowest BCUT2D eigenvalue weighted by Crippen LogP contribution is -2.31. The molecule has 1 aliphatic rings. The second-order valence-electron chi connectivity index (χ2n) is 9.14. The molecule has 0 atom stereocenters. The Morgan fingerprint density at radius 2 is 2.03 bits per heavy atom. The van der Waals surface area contributed by atoms with Gasteiger partial charge in [-0.25, -0.2) is 0 Å². The van der Waals surface area contributed by atoms with Crippen LogP contribution in [0.1, 0.15) is 69.6 Å². The van der Waals surface area contributed by atoms with Crippen LogP contribution < -0.4 is 10.1 Å². The first-order valence-electron chi connectivity index (χ1n) is 11.4. The maximum Gasteiger partial charge on any atom is 0.273 e. The standard InChI is InChI=1S/C24H35ClN4O2/c1-6-29-23(19-14-26-18(11-15(2)3)12-20(19)31-5)21(25)22(28-29)24(30)27-13-17-9-7-16(4)8-10-17/h12,14-17H,6-11,13H2,1-5H3,(H,27,30). The first-order chi connectivity index (χ1) is 14.8. The Hall–Kier alpha value is -2.08. The van der Waals surface area contributed by atoms with E-state index in [9.17, 15) is 4.79 Å². The number of aromatic nitrogens is 3. The molecule has 1 aliphatic carbocycles. The molecule has 1 fully saturated rings. The molecule has 0 aliphatic heterocycles. The van der Waals surface area contributed by atoms with Crippen molar-refractivity contribution in [2.75, 3.05) is 13.7 Å². The summed E-state index contributed by atoms with van der Waals surface area (Å²) in [5, 5.41) is 7.91. The van der Waals surface area contributed by atoms with Crippen molar-refractivity contribution < 1.29 is 9.53 Å². The van der Waals surface area contributed by atoms with Gasteiger partial charge in [0.1, 0.15) is 5.75 Å². The third-order valence-electron chi connectivity index (χ3n) is 6.11. The zero-order valence-corrected chi connectivity index (χ0v) is 20.1. The van der Waals surface area contributed by atoms with Gasteiger partial charge >= 0.3 is 0 Å². The summed E-state index contributed by atoms with van der Waals surface area (Å²) in [6, 6.07) is 1.95. The van der Waals surface area contributed by atoms with E-state index in [4.69, 9.17) is 16.3 Å². The summed E-state index contributed by atoms with van der Waals surface area (Å²) in [7, 11) is 1.64. The second-order valence-corrected chi connectivity index (χ2v) is 9.51. The molecule has 1 amide bonds. The number of methoxy groups -OCH3 is 1. The van der Waals surface area contributed by atoms with Crippen molar-refractivity contribution >= 4 is 17.5 Å². The summed E-state index contributed by atoms with van der Waals surface area (Å²) >= 11 is 6.70. The first-order valence-corrected chi connectivity index (χ1v) is 11.8. The number of hydrogen-bond donors (Lipinski definition) is 1. The van der Waals surface area contributed by atoms with Gasteiger partial charge in [0.25, 0.3) is 5.91 Å². The van der Waals surface area contributed by atoms with Crippen LogP contribution in [0.25, 0.3) is 11.3 Å². The lowest BCUT2D eigenvalue weighted by atomic mass is 9.83. The van der Waals surface area contributed by atoms with Crippen molar-refractivity contribution in [3.8, 4) is 17.0 Å². The molecule has 3 rings (SSSR count). The SMILES string of the molecule is CCn1nc(C(=O)NCC2CCC(C)CC2)c(Cl)c1-c1cnc(CC(C)C)cc1OC. The Kier molecular flexibility index (Phi) is 7.98. The van der Waals surface area contributed by atoms with E-state index < -0.39 is 0 Å². The fraction of sp³-hybridized carbons (Fsp3) is 0.625. The Balaban J connectivity index is 1.83. The van der Waals surface area contributed by atoms with E-state index >= 15 is 0 Å². The number of hydrogen-bond acceptors (Lipinski definition) is 4. The van der Waals surface area contributed by atoms with E-state index in [1.165, 1.54) is 12.8 Å². The number of carbonyl (C=O) groups excluding carboxylic acids is 1. The molecule has 0 bridgehead atoms. The van der Waals surface area contributed by atoms with Gasteiger partial charge in [-0.05, 0) is 43.9 Å². The molecule has 2 heterocycles. The molecule has 7 heteroatoms. The van der Waals surface area contributed by atoms with Crippen molar-refractivity contribution in [2.45, 2.75) is 66.3 Å². The maximum absolute atomic E-state index is 12.9. The minimum atomic E-state index is -0.222. The van der Waals surface area contributed by atoms with Gasteiger partial charge < -0.3 is 10.1 Å². The Labute approximate surface area is 190 Å². The smallest absolute Gasteiger partial charge is 0.273 e. The average Bonchev–Trinajstić information content (AvgIpc) is 3.08. The fourth-order valence-electron chi connectivity index (χ4n) is 4.28. The highest BCUT2D eigenvalue weighted by molar-refractivity contribution is 6.36. The van der Waals surface area contributed by atoms with Gasteiger partial charge in [-0.3, -0.25) is 14.5 Å². The number of aryl methyl sites for hydroxylation is 1. The van der Waals surface area contributed by atoms with E-state index in [2.05, 4.69) is 36.2 Å². The van der Waals surface area contributed by atoms with Crippen LogP contribution in [0, 0.1) is 17.8 Å². The predicted molar refractivity (Wildman–Crippen MR) is 125 cm³/mol. The molecule has 0 spiro atoms. The van der Waals surface area contributed by atoms with E-state index in [1.807, 2.05) is 13.0 Å². The number of carbonyl (C=O) groups is 1. The minimum Gasteiger partial charge on any atom is -0.496 e. The van der Waals surface area contributed by atoms with Crippen LogP contribution in [0.2, 0.25) is 5.02 Å². The molecule has 170 valence electrons. The van der Waals surface area contributed by atoms with E-state index in [-0.39, 0.29) is 11.6 Å². The molecular weight excluding hydrogens is 412 g/mol. The topological polar surface area (TPSA) is 69.0 Å². The molecule has 0 radical (unpaired) electrons. The van der Waals surface area contributed by atoms with Crippen LogP contribution in [0.4, 0.5) is 0 Å². The van der Waals surface area contributed by atoms with Crippen LogP contribution in [0.3, 0.4) is 0 Å². The van der Waals surface area contributed by atoms with Crippen LogP contribution >= 0.6 is 11.6 Å². The number of amides is 1. The van der Waals surface area contributed by atoms with Gasteiger partial charge in [-0.15, -0.1) is 0 Å². The molecule has 1 N–H and O–H groups in total. The van der Waals surface area contributed by atoms with Crippen LogP contribution in [0.15, 0.2) is 12.3 Å². The van der Waals surface area contributed by atoms with Gasteiger partial charge in [-0.2, -0.15) is 5.10 Å². The largest absolute Gasteiger partial charge is 0.496 e. The van der Waals surface area contributed by atoms with Crippen molar-refractivity contribution in [3.05, 3.63) is 28.7 Å². The Bertz CT molecular complexity index is 901. The van der Waals surface area contributed by atoms with Crippen LogP contribution in [0.5, 0.6) is 5.75 Å². The Morgan fingerprint density at radius 3 is 2.65 bits per heavy atom. The highest BCUT2D eigenvalue weighted by atomic mass is 35.5. The molecule has 6 nitrogen and oxygen atoms in total. The minimum absolute atomic E-state index is 0.222. The number of halogens is 1. The van der Waals surface area contributed by atoms with Gasteiger partial charge in [0.05, 0.1) is 23.4 Å². The van der Waals surface area contributed by atoms with Gasteiger partial charge in [0.15, 0.2) is 5.69 Å². The third-order valence-corrected chi connectivity index (χ3v) is 6.47. The fourth-order valence-corrected chi connectivity index (χ4v) is 4.60. The number of ether oxygens (including phenoxy) is 1. The summed E-state index contributed by atoms with van der Waals surface area (Å²) < 4.78 is 7.39. The second kappa shape index (κ2) is 10.5. The summed E-state index contributed by atoms with van der Waals surface area (Å²) in [6.07, 6.45) is 7.43. The van der Waals surface area contributed by atoms with E-state index in [1.54, 1.807) is 18.0 Å². The molecule has 2 aromatic heterocycles. The van der Waals surface area contributed by atoms with E-state index in [0.29, 0.717) is 41.4 Å². The lowest BCUT2D eigenvalue weighted by Gasteiger charge is -2.26. The number of nitrogens with one attached hydrogen (secondary N) is 1. The number of nitrogens with zero attached hydrogens (tertiary/aromatic N) is 3. The monoisotopic (exact) mass is 446 g/mol. The molecule has 0 saturated heterocycles. The normalized spacial score (nSPS) is 18.9. The molecule has 1 saturated carbocycles. The van der Waals surface area contributed by atoms with Crippen molar-refractivity contribution in [3.63, 3.8) is 0 Å². The molecule has 31 heavy (non-hydrogen) atoms. The molecule has 0 unspecified atom stereocenters. The average molecular weight is 447 g/mol. The molecular formula is C24H35ClN4O2. The summed E-state index contributed by atoms with van der Waals surface area (Å²) in [4.78, 5) is 17.5. The quantitative estimate of drug-likeness (QED) is 0.590. The van der Waals surface area contributed by atoms with Gasteiger partial charge in [0.2, 0.25) is 0 Å². The zero-order valence-electron chi connectivity index (χ0n) is 19.4. The lowest BCUT2D eigenvalue weighted by molar-refractivity contribution is 0.0936. The van der Waals surface area contributed by atoms with Crippen LogP contribution in [-0.4, -0.2) is 34.3 Å². The maximum atomic E-state index is 12.9. The third kappa shape index (κ3) is 5.59. The van der Waals surface area contributed by atoms with Crippen molar-refractivity contribution in [1.29, 1.82) is 0 Å². The Morgan fingerprint density at radius 1 is 1.32 bits per heavy atom. The van der Waals surface area contributed by atoms with Crippen LogP contribution in [-0.2, 0) is 13.0 Å². The summed E-state index contributed by atoms with van der Waals surface area (Å²) in [5.41, 5.74) is 2.64. The predicted octanol–water partition coefficient (Wildman–Crippen LogP) is 5.38. The zero-order chi connectivity index (χ0) is 22.5. The first kappa shape index (κ1) is 23.6. The van der Waals surface area contributed by atoms with Crippen molar-refractivity contribution in [2.24, 2.45) is 17.8 Å². The van der Waals surface area contributed by atoms with Gasteiger partial charge in [0, 0.05) is 31.0 Å². The summed E-state index contributed by atoms with van der Waals surface area (Å²) in [6.45, 7) is 9.84. The highest BCUT2D eigenvalue weighted by Crippen LogP contribution is 2.37. The van der Waals surface area contributed by atoms with Gasteiger partial charge in [-0.1, -0.05) is 45.2 Å². The molecule has 2 aromatic rings. The summed E-state index contributed by atoms with van der Waals surface area (Å²) in [5.74, 6) is 2.28.